The van der Waals surface area contributed by atoms with Crippen LogP contribution in [0.4, 0.5) is 10.5 Å². The molecule has 0 aromatic heterocycles. The summed E-state index contributed by atoms with van der Waals surface area (Å²) in [7, 11) is 0. The largest absolute Gasteiger partial charge is 0.335 e. The van der Waals surface area contributed by atoms with E-state index >= 15 is 0 Å². The summed E-state index contributed by atoms with van der Waals surface area (Å²) in [5.74, 6) is 3.14. The summed E-state index contributed by atoms with van der Waals surface area (Å²) in [5.41, 5.74) is 2.19. The molecular formula is C16H22N2OS2. The van der Waals surface area contributed by atoms with Gasteiger partial charge < -0.3 is 10.6 Å². The molecule has 114 valence electrons. The highest BCUT2D eigenvalue weighted by molar-refractivity contribution is 8.16. The van der Waals surface area contributed by atoms with Crippen LogP contribution in [0.5, 0.6) is 0 Å². The molecule has 1 aliphatic carbocycles. The van der Waals surface area contributed by atoms with Gasteiger partial charge in [-0.2, -0.15) is 0 Å². The zero-order chi connectivity index (χ0) is 14.7. The molecule has 1 saturated carbocycles. The van der Waals surface area contributed by atoms with Gasteiger partial charge in [0.15, 0.2) is 0 Å². The van der Waals surface area contributed by atoms with E-state index in [1.807, 2.05) is 35.7 Å². The third kappa shape index (κ3) is 4.33. The molecule has 3 rings (SSSR count). The lowest BCUT2D eigenvalue weighted by Crippen LogP contribution is -2.37. The minimum Gasteiger partial charge on any atom is -0.335 e. The molecule has 2 fully saturated rings. The standard InChI is InChI=1S/C16H22N2OS2/c1-11(12-6-7-12)17-16(19)18-14-5-2-4-13(10-14)15-20-8-3-9-21-15/h2,4-5,10-12,15H,3,6-9H2,1H3,(H2,17,18,19). The van der Waals surface area contributed by atoms with Crippen molar-refractivity contribution in [3.63, 3.8) is 0 Å². The van der Waals surface area contributed by atoms with Crippen LogP contribution in [-0.2, 0) is 0 Å². The Labute approximate surface area is 135 Å². The van der Waals surface area contributed by atoms with E-state index in [0.717, 1.165) is 5.69 Å². The van der Waals surface area contributed by atoms with Crippen LogP contribution in [0.25, 0.3) is 0 Å². The van der Waals surface area contributed by atoms with Gasteiger partial charge in [-0.1, -0.05) is 12.1 Å². The Balaban J connectivity index is 1.58. The zero-order valence-corrected chi connectivity index (χ0v) is 13.9. The van der Waals surface area contributed by atoms with Crippen molar-refractivity contribution < 1.29 is 4.79 Å². The van der Waals surface area contributed by atoms with Gasteiger partial charge in [-0.15, -0.1) is 23.5 Å². The smallest absolute Gasteiger partial charge is 0.319 e. The molecule has 1 aliphatic heterocycles. The summed E-state index contributed by atoms with van der Waals surface area (Å²) in [4.78, 5) is 12.0. The fraction of sp³-hybridized carbons (Fsp3) is 0.562. The van der Waals surface area contributed by atoms with Crippen molar-refractivity contribution in [1.29, 1.82) is 0 Å². The van der Waals surface area contributed by atoms with Gasteiger partial charge in [0.1, 0.15) is 0 Å². The number of urea groups is 1. The maximum absolute atomic E-state index is 12.0. The number of carbonyl (C=O) groups is 1. The predicted octanol–water partition coefficient (Wildman–Crippen LogP) is 4.48. The van der Waals surface area contributed by atoms with E-state index in [1.165, 1.54) is 36.3 Å². The van der Waals surface area contributed by atoms with Crippen molar-refractivity contribution >= 4 is 35.2 Å². The first-order chi connectivity index (χ1) is 10.2. The molecule has 5 heteroatoms. The SMILES string of the molecule is CC(NC(=O)Nc1cccc(C2SCCCS2)c1)C1CC1. The summed E-state index contributed by atoms with van der Waals surface area (Å²) in [5, 5.41) is 6.00. The number of hydrogen-bond donors (Lipinski definition) is 2. The Hall–Kier alpha value is -0.810. The van der Waals surface area contributed by atoms with Gasteiger partial charge in [0.2, 0.25) is 0 Å². The summed E-state index contributed by atoms with van der Waals surface area (Å²) in [6, 6.07) is 8.45. The molecule has 2 N–H and O–H groups in total. The monoisotopic (exact) mass is 322 g/mol. The second-order valence-electron chi connectivity index (χ2n) is 5.78. The quantitative estimate of drug-likeness (QED) is 0.859. The molecule has 2 amide bonds. The van der Waals surface area contributed by atoms with E-state index in [4.69, 9.17) is 0 Å². The number of carbonyl (C=O) groups excluding carboxylic acids is 1. The highest BCUT2D eigenvalue weighted by Crippen LogP contribution is 2.44. The summed E-state index contributed by atoms with van der Waals surface area (Å²) in [6.07, 6.45) is 3.78. The van der Waals surface area contributed by atoms with Crippen molar-refractivity contribution in [2.24, 2.45) is 5.92 Å². The summed E-state index contributed by atoms with van der Waals surface area (Å²) in [6.45, 7) is 2.09. The van der Waals surface area contributed by atoms with E-state index in [0.29, 0.717) is 10.5 Å². The van der Waals surface area contributed by atoms with Crippen LogP contribution in [0.1, 0.15) is 36.3 Å². The van der Waals surface area contributed by atoms with Gasteiger partial charge in [0, 0.05) is 11.7 Å². The lowest BCUT2D eigenvalue weighted by Gasteiger charge is -2.21. The fourth-order valence-electron chi connectivity index (χ4n) is 2.53. The number of hydrogen-bond acceptors (Lipinski definition) is 3. The average molecular weight is 322 g/mol. The van der Waals surface area contributed by atoms with Crippen molar-refractivity contribution in [1.82, 2.24) is 5.32 Å². The number of nitrogens with one attached hydrogen (secondary N) is 2. The normalized spacial score (nSPS) is 20.8. The van der Waals surface area contributed by atoms with Gasteiger partial charge in [0.05, 0.1) is 4.58 Å². The highest BCUT2D eigenvalue weighted by atomic mass is 32.2. The Morgan fingerprint density at radius 3 is 2.76 bits per heavy atom. The van der Waals surface area contributed by atoms with Crippen LogP contribution in [0.2, 0.25) is 0 Å². The molecule has 21 heavy (non-hydrogen) atoms. The second-order valence-corrected chi connectivity index (χ2v) is 8.50. The first kappa shape index (κ1) is 15.1. The molecule has 0 spiro atoms. The van der Waals surface area contributed by atoms with Crippen LogP contribution >= 0.6 is 23.5 Å². The molecule has 1 aromatic rings. The average Bonchev–Trinajstić information content (AvgIpc) is 3.33. The Bertz CT molecular complexity index is 499. The van der Waals surface area contributed by atoms with Gasteiger partial charge in [-0.05, 0) is 61.3 Å². The van der Waals surface area contributed by atoms with E-state index < -0.39 is 0 Å². The molecule has 1 saturated heterocycles. The summed E-state index contributed by atoms with van der Waals surface area (Å²) < 4.78 is 0.508. The maximum atomic E-state index is 12.0. The first-order valence-electron chi connectivity index (χ1n) is 7.63. The van der Waals surface area contributed by atoms with Crippen molar-refractivity contribution in [2.75, 3.05) is 16.8 Å². The number of thioether (sulfide) groups is 2. The molecule has 0 bridgehead atoms. The Morgan fingerprint density at radius 2 is 2.05 bits per heavy atom. The maximum Gasteiger partial charge on any atom is 0.319 e. The highest BCUT2D eigenvalue weighted by Gasteiger charge is 2.28. The topological polar surface area (TPSA) is 41.1 Å². The predicted molar refractivity (Wildman–Crippen MR) is 93.1 cm³/mol. The van der Waals surface area contributed by atoms with E-state index in [-0.39, 0.29) is 12.1 Å². The Morgan fingerprint density at radius 1 is 1.29 bits per heavy atom. The molecule has 3 nitrogen and oxygen atoms in total. The van der Waals surface area contributed by atoms with Crippen LogP contribution in [0, 0.1) is 5.92 Å². The first-order valence-corrected chi connectivity index (χ1v) is 9.73. The minimum absolute atomic E-state index is 0.0875. The molecule has 1 atom stereocenters. The van der Waals surface area contributed by atoms with E-state index in [1.54, 1.807) is 0 Å². The van der Waals surface area contributed by atoms with Crippen LogP contribution in [-0.4, -0.2) is 23.6 Å². The van der Waals surface area contributed by atoms with Crippen molar-refractivity contribution in [3.8, 4) is 0 Å². The number of rotatable bonds is 4. The molecule has 1 aromatic carbocycles. The number of anilines is 1. The van der Waals surface area contributed by atoms with Crippen LogP contribution in [0.15, 0.2) is 24.3 Å². The second kappa shape index (κ2) is 6.97. The van der Waals surface area contributed by atoms with Gasteiger partial charge in [-0.3, -0.25) is 0 Å². The van der Waals surface area contributed by atoms with Crippen molar-refractivity contribution in [3.05, 3.63) is 29.8 Å². The van der Waals surface area contributed by atoms with Gasteiger partial charge in [-0.25, -0.2) is 4.79 Å². The van der Waals surface area contributed by atoms with E-state index in [9.17, 15) is 4.79 Å². The van der Waals surface area contributed by atoms with Gasteiger partial charge in [0.25, 0.3) is 0 Å². The fourth-order valence-corrected chi connectivity index (χ4v) is 5.40. The van der Waals surface area contributed by atoms with E-state index in [2.05, 4.69) is 29.7 Å². The molecule has 0 radical (unpaired) electrons. The minimum atomic E-state index is -0.0875. The third-order valence-electron chi connectivity index (χ3n) is 3.93. The Kier molecular flexibility index (Phi) is 5.01. The zero-order valence-electron chi connectivity index (χ0n) is 12.3. The van der Waals surface area contributed by atoms with Crippen LogP contribution < -0.4 is 10.6 Å². The van der Waals surface area contributed by atoms with Crippen molar-refractivity contribution in [2.45, 2.75) is 36.8 Å². The lowest BCUT2D eigenvalue weighted by molar-refractivity contribution is 0.248. The molecule has 1 heterocycles. The molecule has 2 aliphatic rings. The summed E-state index contributed by atoms with van der Waals surface area (Å²) >= 11 is 4.00. The number of benzene rings is 1. The van der Waals surface area contributed by atoms with Gasteiger partial charge >= 0.3 is 6.03 Å². The third-order valence-corrected chi connectivity index (χ3v) is 6.95. The van der Waals surface area contributed by atoms with Crippen LogP contribution in [0.3, 0.4) is 0 Å². The molecule has 1 unspecified atom stereocenters. The molecular weight excluding hydrogens is 300 g/mol. The lowest BCUT2D eigenvalue weighted by atomic mass is 10.2. The number of amides is 2.